The zero-order valence-corrected chi connectivity index (χ0v) is 9.97. The van der Waals surface area contributed by atoms with Crippen LogP contribution in [0.25, 0.3) is 0 Å². The standard InChI is InChI=1S/C13H18O3/c1-4-15-13(14)11(3)16-10(2)12-8-6-5-7-9-12/h5-11H,4H2,1-3H3. The van der Waals surface area contributed by atoms with Crippen LogP contribution in [0.15, 0.2) is 30.3 Å². The van der Waals surface area contributed by atoms with Gasteiger partial charge in [0.15, 0.2) is 6.10 Å². The number of benzene rings is 1. The van der Waals surface area contributed by atoms with Crippen molar-refractivity contribution in [1.29, 1.82) is 0 Å². The first-order valence-electron chi connectivity index (χ1n) is 5.52. The third-order valence-electron chi connectivity index (χ3n) is 2.30. The molecule has 0 saturated heterocycles. The van der Waals surface area contributed by atoms with Crippen molar-refractivity contribution in [1.82, 2.24) is 0 Å². The van der Waals surface area contributed by atoms with Gasteiger partial charge in [0.1, 0.15) is 0 Å². The van der Waals surface area contributed by atoms with Crippen LogP contribution in [0.3, 0.4) is 0 Å². The lowest BCUT2D eigenvalue weighted by molar-refractivity contribution is -0.158. The fourth-order valence-electron chi connectivity index (χ4n) is 1.42. The summed E-state index contributed by atoms with van der Waals surface area (Å²) in [5, 5.41) is 0. The second kappa shape index (κ2) is 6.28. The molecule has 0 aliphatic carbocycles. The van der Waals surface area contributed by atoms with Gasteiger partial charge in [-0.2, -0.15) is 0 Å². The van der Waals surface area contributed by atoms with Crippen LogP contribution in [0.4, 0.5) is 0 Å². The lowest BCUT2D eigenvalue weighted by Gasteiger charge is -2.18. The van der Waals surface area contributed by atoms with Crippen LogP contribution < -0.4 is 0 Å². The lowest BCUT2D eigenvalue weighted by atomic mass is 10.1. The molecule has 0 bridgehead atoms. The number of ether oxygens (including phenoxy) is 2. The minimum Gasteiger partial charge on any atom is -0.464 e. The minimum absolute atomic E-state index is 0.111. The maximum absolute atomic E-state index is 11.4. The minimum atomic E-state index is -0.532. The fourth-order valence-corrected chi connectivity index (χ4v) is 1.42. The topological polar surface area (TPSA) is 35.5 Å². The van der Waals surface area contributed by atoms with Crippen molar-refractivity contribution in [3.05, 3.63) is 35.9 Å². The lowest BCUT2D eigenvalue weighted by Crippen LogP contribution is -2.24. The van der Waals surface area contributed by atoms with E-state index in [4.69, 9.17) is 9.47 Å². The van der Waals surface area contributed by atoms with E-state index in [0.29, 0.717) is 6.61 Å². The highest BCUT2D eigenvalue weighted by Crippen LogP contribution is 2.18. The molecule has 0 aromatic heterocycles. The molecule has 3 nitrogen and oxygen atoms in total. The van der Waals surface area contributed by atoms with E-state index in [1.54, 1.807) is 13.8 Å². The Labute approximate surface area is 96.4 Å². The molecule has 0 N–H and O–H groups in total. The number of carbonyl (C=O) groups excluding carboxylic acids is 1. The molecule has 0 aliphatic heterocycles. The fraction of sp³-hybridized carbons (Fsp3) is 0.462. The third-order valence-corrected chi connectivity index (χ3v) is 2.30. The Balaban J connectivity index is 2.51. The van der Waals surface area contributed by atoms with E-state index >= 15 is 0 Å². The maximum Gasteiger partial charge on any atom is 0.334 e. The van der Waals surface area contributed by atoms with Crippen molar-refractivity contribution < 1.29 is 14.3 Å². The maximum atomic E-state index is 11.4. The van der Waals surface area contributed by atoms with Gasteiger partial charge in [-0.15, -0.1) is 0 Å². The molecule has 88 valence electrons. The Kier molecular flexibility index (Phi) is 4.99. The Hall–Kier alpha value is -1.35. The average molecular weight is 222 g/mol. The Morgan fingerprint density at radius 2 is 1.88 bits per heavy atom. The number of hydrogen-bond acceptors (Lipinski definition) is 3. The number of rotatable bonds is 5. The molecule has 2 atom stereocenters. The summed E-state index contributed by atoms with van der Waals surface area (Å²) in [7, 11) is 0. The zero-order valence-electron chi connectivity index (χ0n) is 9.97. The molecular formula is C13H18O3. The second-order valence-corrected chi connectivity index (χ2v) is 3.58. The first-order chi connectivity index (χ1) is 7.65. The third kappa shape index (κ3) is 3.66. The van der Waals surface area contributed by atoms with Crippen molar-refractivity contribution in [2.45, 2.75) is 33.0 Å². The van der Waals surface area contributed by atoms with E-state index in [1.165, 1.54) is 0 Å². The molecular weight excluding hydrogens is 204 g/mol. The highest BCUT2D eigenvalue weighted by Gasteiger charge is 2.18. The Morgan fingerprint density at radius 1 is 1.25 bits per heavy atom. The zero-order chi connectivity index (χ0) is 12.0. The first-order valence-corrected chi connectivity index (χ1v) is 5.52. The van der Waals surface area contributed by atoms with Crippen molar-refractivity contribution in [2.75, 3.05) is 6.61 Å². The van der Waals surface area contributed by atoms with Crippen LogP contribution in [0, 0.1) is 0 Å². The summed E-state index contributed by atoms with van der Waals surface area (Å²) in [6, 6.07) is 9.80. The van der Waals surface area contributed by atoms with Gasteiger partial charge in [0.05, 0.1) is 12.7 Å². The Morgan fingerprint density at radius 3 is 2.44 bits per heavy atom. The molecule has 1 aromatic rings. The molecule has 2 unspecified atom stereocenters. The molecule has 1 aromatic carbocycles. The molecule has 0 amide bonds. The molecule has 16 heavy (non-hydrogen) atoms. The SMILES string of the molecule is CCOC(=O)C(C)OC(C)c1ccccc1. The van der Waals surface area contributed by atoms with Crippen molar-refractivity contribution in [3.8, 4) is 0 Å². The molecule has 0 spiro atoms. The number of hydrogen-bond donors (Lipinski definition) is 0. The van der Waals surface area contributed by atoms with E-state index in [9.17, 15) is 4.79 Å². The van der Waals surface area contributed by atoms with Gasteiger partial charge in [-0.05, 0) is 26.3 Å². The average Bonchev–Trinajstić information content (AvgIpc) is 2.30. The van der Waals surface area contributed by atoms with Crippen molar-refractivity contribution in [2.24, 2.45) is 0 Å². The second-order valence-electron chi connectivity index (χ2n) is 3.58. The molecule has 0 aliphatic rings. The summed E-state index contributed by atoms with van der Waals surface area (Å²) >= 11 is 0. The molecule has 3 heteroatoms. The molecule has 0 saturated carbocycles. The molecule has 0 heterocycles. The number of carbonyl (C=O) groups is 1. The van der Waals surface area contributed by atoms with Crippen LogP contribution in [-0.4, -0.2) is 18.7 Å². The predicted octanol–water partition coefficient (Wildman–Crippen LogP) is 2.72. The van der Waals surface area contributed by atoms with Crippen LogP contribution >= 0.6 is 0 Å². The smallest absolute Gasteiger partial charge is 0.334 e. The number of esters is 1. The largest absolute Gasteiger partial charge is 0.464 e. The van der Waals surface area contributed by atoms with Gasteiger partial charge < -0.3 is 9.47 Å². The van der Waals surface area contributed by atoms with E-state index < -0.39 is 6.10 Å². The quantitative estimate of drug-likeness (QED) is 0.718. The summed E-state index contributed by atoms with van der Waals surface area (Å²) in [5.41, 5.74) is 1.05. The molecule has 0 fully saturated rings. The van der Waals surface area contributed by atoms with Gasteiger partial charge in [0, 0.05) is 0 Å². The van der Waals surface area contributed by atoms with E-state index in [2.05, 4.69) is 0 Å². The van der Waals surface area contributed by atoms with Gasteiger partial charge in [0.2, 0.25) is 0 Å². The van der Waals surface area contributed by atoms with Gasteiger partial charge >= 0.3 is 5.97 Å². The Bertz CT molecular complexity index is 321. The summed E-state index contributed by atoms with van der Waals surface area (Å²) in [4.78, 5) is 11.4. The normalized spacial score (nSPS) is 14.2. The van der Waals surface area contributed by atoms with Crippen LogP contribution in [0.1, 0.15) is 32.4 Å². The highest BCUT2D eigenvalue weighted by molar-refractivity contribution is 5.74. The van der Waals surface area contributed by atoms with Gasteiger partial charge in [-0.3, -0.25) is 0 Å². The summed E-state index contributed by atoms with van der Waals surface area (Å²) < 4.78 is 10.5. The van der Waals surface area contributed by atoms with Crippen LogP contribution in [-0.2, 0) is 14.3 Å². The monoisotopic (exact) mass is 222 g/mol. The van der Waals surface area contributed by atoms with Crippen LogP contribution in [0.5, 0.6) is 0 Å². The molecule has 1 rings (SSSR count). The van der Waals surface area contributed by atoms with E-state index in [1.807, 2.05) is 37.3 Å². The van der Waals surface area contributed by atoms with Crippen molar-refractivity contribution >= 4 is 5.97 Å². The summed E-state index contributed by atoms with van der Waals surface area (Å²) in [6.45, 7) is 5.79. The van der Waals surface area contributed by atoms with Crippen molar-refractivity contribution in [3.63, 3.8) is 0 Å². The van der Waals surface area contributed by atoms with Gasteiger partial charge in [0.25, 0.3) is 0 Å². The van der Waals surface area contributed by atoms with Gasteiger partial charge in [-0.25, -0.2) is 4.79 Å². The predicted molar refractivity (Wildman–Crippen MR) is 62.0 cm³/mol. The van der Waals surface area contributed by atoms with Crippen LogP contribution in [0.2, 0.25) is 0 Å². The van der Waals surface area contributed by atoms with Gasteiger partial charge in [-0.1, -0.05) is 30.3 Å². The summed E-state index contributed by atoms with van der Waals surface area (Å²) in [5.74, 6) is -0.315. The summed E-state index contributed by atoms with van der Waals surface area (Å²) in [6.07, 6.45) is -0.643. The van der Waals surface area contributed by atoms with E-state index in [-0.39, 0.29) is 12.1 Å². The molecule has 0 radical (unpaired) electrons. The van der Waals surface area contributed by atoms with E-state index in [0.717, 1.165) is 5.56 Å². The first kappa shape index (κ1) is 12.7. The highest BCUT2D eigenvalue weighted by atomic mass is 16.6.